The zero-order valence-electron chi connectivity index (χ0n) is 28.7. The van der Waals surface area contributed by atoms with Crippen molar-refractivity contribution in [2.24, 2.45) is 0 Å². The lowest BCUT2D eigenvalue weighted by Gasteiger charge is -2.41. The predicted octanol–water partition coefficient (Wildman–Crippen LogP) is 5.70. The average Bonchev–Trinajstić information content (AvgIpc) is 3.55. The molecule has 3 aliphatic heterocycles. The molecule has 12 heteroatoms. The third-order valence-electron chi connectivity index (χ3n) is 9.44. The number of hydrogen-bond acceptors (Lipinski definition) is 8. The van der Waals surface area contributed by atoms with Crippen LogP contribution in [0.2, 0.25) is 0 Å². The van der Waals surface area contributed by atoms with Crippen molar-refractivity contribution in [1.82, 2.24) is 19.8 Å². The molecule has 3 aliphatic rings. The molecule has 49 heavy (non-hydrogen) atoms. The van der Waals surface area contributed by atoms with Crippen LogP contribution in [0, 0.1) is 13.5 Å². The van der Waals surface area contributed by atoms with Crippen molar-refractivity contribution in [3.63, 3.8) is 0 Å². The number of hydrogen-bond donors (Lipinski definition) is 0. The summed E-state index contributed by atoms with van der Waals surface area (Å²) in [5.74, 6) is -1.12. The summed E-state index contributed by atoms with van der Waals surface area (Å²) in [5, 5.41) is 2.39. The number of amides is 2. The second kappa shape index (κ2) is 13.9. The smallest absolute Gasteiger partial charge is 0.410 e. The Morgan fingerprint density at radius 1 is 1.04 bits per heavy atom. The summed E-state index contributed by atoms with van der Waals surface area (Å²) in [4.78, 5) is 46.5. The van der Waals surface area contributed by atoms with Crippen LogP contribution in [0.15, 0.2) is 48.8 Å². The highest BCUT2D eigenvalue weighted by molar-refractivity contribution is 5.97. The highest BCUT2D eigenvalue weighted by Crippen LogP contribution is 2.36. The summed E-state index contributed by atoms with van der Waals surface area (Å²) in [5.41, 5.74) is 3.57. The fourth-order valence-electron chi connectivity index (χ4n) is 7.16. The minimum atomic E-state index is -1.03. The second-order valence-electron chi connectivity index (χ2n) is 14.0. The van der Waals surface area contributed by atoms with E-state index in [1.54, 1.807) is 4.90 Å². The number of likely N-dealkylation sites (tertiary alicyclic amines) is 1. The number of aryl methyl sites for hydroxylation is 1. The molecule has 6 rings (SSSR count). The molecular weight excluding hydrogens is 625 g/mol. The molecule has 0 spiro atoms. The van der Waals surface area contributed by atoms with E-state index in [4.69, 9.17) is 26.0 Å². The SMILES string of the molecule is [C-]#[N+]C[C@H]1CN(c2nc(OC[C@@H]3CCCN3C(=O)OC(C)(C)C)nc3c2CCN(c2cccc4cccc(C)c24)C3)CCN1C(=O)C(=C)F. The van der Waals surface area contributed by atoms with Crippen LogP contribution in [0.25, 0.3) is 15.6 Å². The number of carbonyl (C=O) groups is 2. The lowest BCUT2D eigenvalue weighted by atomic mass is 9.99. The van der Waals surface area contributed by atoms with E-state index >= 15 is 0 Å². The Hall–Kier alpha value is -4.92. The lowest BCUT2D eigenvalue weighted by Crippen LogP contribution is -2.57. The Kier molecular flexibility index (Phi) is 9.63. The molecule has 2 amide bonds. The molecule has 0 unspecified atom stereocenters. The average molecular weight is 670 g/mol. The molecule has 3 aromatic rings. The fourth-order valence-corrected chi connectivity index (χ4v) is 7.16. The van der Waals surface area contributed by atoms with Crippen molar-refractivity contribution in [3.8, 4) is 6.01 Å². The number of halogens is 1. The minimum absolute atomic E-state index is 0.0303. The van der Waals surface area contributed by atoms with E-state index in [0.29, 0.717) is 38.4 Å². The second-order valence-corrected chi connectivity index (χ2v) is 14.0. The van der Waals surface area contributed by atoms with E-state index in [1.807, 2.05) is 20.8 Å². The number of nitrogens with zero attached hydrogens (tertiary/aromatic N) is 7. The van der Waals surface area contributed by atoms with Gasteiger partial charge in [-0.05, 0) is 64.0 Å². The first kappa shape index (κ1) is 34.0. The summed E-state index contributed by atoms with van der Waals surface area (Å²) in [7, 11) is 0. The Labute approximate surface area is 287 Å². The van der Waals surface area contributed by atoms with Crippen molar-refractivity contribution < 1.29 is 23.5 Å². The van der Waals surface area contributed by atoms with Crippen LogP contribution in [0.3, 0.4) is 0 Å². The molecule has 0 saturated carbocycles. The monoisotopic (exact) mass is 669 g/mol. The first-order valence-electron chi connectivity index (χ1n) is 16.9. The van der Waals surface area contributed by atoms with Gasteiger partial charge in [0.15, 0.2) is 5.83 Å². The highest BCUT2D eigenvalue weighted by atomic mass is 19.1. The number of benzene rings is 2. The van der Waals surface area contributed by atoms with Gasteiger partial charge in [0.2, 0.25) is 6.54 Å². The molecule has 2 saturated heterocycles. The molecule has 0 aliphatic carbocycles. The Morgan fingerprint density at radius 2 is 1.82 bits per heavy atom. The van der Waals surface area contributed by atoms with Gasteiger partial charge >= 0.3 is 12.1 Å². The van der Waals surface area contributed by atoms with Gasteiger partial charge in [-0.2, -0.15) is 9.97 Å². The molecule has 11 nitrogen and oxygen atoms in total. The van der Waals surface area contributed by atoms with Gasteiger partial charge in [-0.1, -0.05) is 36.9 Å². The van der Waals surface area contributed by atoms with Gasteiger partial charge in [0, 0.05) is 49.4 Å². The zero-order chi connectivity index (χ0) is 34.9. The standard InChI is InChI=1S/C37H44FN7O4/c1-24-10-7-11-26-12-8-14-31(32(24)26)42-17-15-29-30(22-42)40-35(48-23-27-13-9-16-45(27)36(47)49-37(3,4)5)41-33(29)43-18-19-44(34(46)25(2)38)28(21-43)20-39-6/h7-8,10-12,14,27-28H,2,9,13,15-23H2,1,3-5H3/t27-,28-/m0/s1. The van der Waals surface area contributed by atoms with Crippen molar-refractivity contribution in [2.75, 3.05) is 55.7 Å². The molecule has 1 aromatic heterocycles. The van der Waals surface area contributed by atoms with Gasteiger partial charge in [0.25, 0.3) is 5.91 Å². The maximum absolute atomic E-state index is 13.9. The van der Waals surface area contributed by atoms with Gasteiger partial charge in [-0.15, -0.1) is 0 Å². The fraction of sp³-hybridized carbons (Fsp3) is 0.486. The number of carbonyl (C=O) groups excluding carboxylic acids is 2. The predicted molar refractivity (Wildman–Crippen MR) is 186 cm³/mol. The van der Waals surface area contributed by atoms with Crippen LogP contribution < -0.4 is 14.5 Å². The van der Waals surface area contributed by atoms with Crippen molar-refractivity contribution in [1.29, 1.82) is 0 Å². The minimum Gasteiger partial charge on any atom is -0.461 e. The van der Waals surface area contributed by atoms with Crippen molar-refractivity contribution >= 4 is 34.3 Å². The van der Waals surface area contributed by atoms with Crippen molar-refractivity contribution in [2.45, 2.75) is 71.2 Å². The molecule has 2 atom stereocenters. The largest absolute Gasteiger partial charge is 0.461 e. The summed E-state index contributed by atoms with van der Waals surface area (Å²) >= 11 is 0. The van der Waals surface area contributed by atoms with Gasteiger partial charge in [0.1, 0.15) is 24.1 Å². The van der Waals surface area contributed by atoms with Crippen LogP contribution in [0.1, 0.15) is 50.4 Å². The highest BCUT2D eigenvalue weighted by Gasteiger charge is 2.37. The van der Waals surface area contributed by atoms with E-state index in [2.05, 4.69) is 64.5 Å². The third-order valence-corrected chi connectivity index (χ3v) is 9.44. The molecular formula is C37H44FN7O4. The number of fused-ring (bicyclic) bond motifs is 2. The van der Waals surface area contributed by atoms with E-state index < -0.39 is 23.4 Å². The van der Waals surface area contributed by atoms with Crippen LogP contribution in [-0.2, 0) is 22.5 Å². The quantitative estimate of drug-likeness (QED) is 0.234. The van der Waals surface area contributed by atoms with Crippen LogP contribution in [-0.4, -0.2) is 95.3 Å². The first-order chi connectivity index (χ1) is 23.4. The van der Waals surface area contributed by atoms with E-state index in [0.717, 1.165) is 36.3 Å². The summed E-state index contributed by atoms with van der Waals surface area (Å²) in [6.45, 7) is 21.4. The van der Waals surface area contributed by atoms with E-state index in [9.17, 15) is 14.0 Å². The van der Waals surface area contributed by atoms with Crippen molar-refractivity contribution in [3.05, 3.63) is 77.0 Å². The zero-order valence-corrected chi connectivity index (χ0v) is 28.7. The molecule has 2 aromatic carbocycles. The Morgan fingerprint density at radius 3 is 2.55 bits per heavy atom. The topological polar surface area (TPSA) is 95.7 Å². The Balaban J connectivity index is 1.32. The normalized spacial score (nSPS) is 19.4. The molecule has 2 fully saturated rings. The number of piperazine rings is 1. The van der Waals surface area contributed by atoms with Crippen LogP contribution >= 0.6 is 0 Å². The molecule has 0 bridgehead atoms. The van der Waals surface area contributed by atoms with Gasteiger partial charge in [0.05, 0.1) is 18.3 Å². The third kappa shape index (κ3) is 7.26. The van der Waals surface area contributed by atoms with E-state index in [1.165, 1.54) is 21.2 Å². The summed E-state index contributed by atoms with van der Waals surface area (Å²) in [6.07, 6.45) is 1.94. The number of anilines is 2. The molecule has 0 N–H and O–H groups in total. The maximum atomic E-state index is 13.9. The lowest BCUT2D eigenvalue weighted by molar-refractivity contribution is -0.131. The van der Waals surface area contributed by atoms with Gasteiger partial charge in [-0.25, -0.2) is 15.8 Å². The summed E-state index contributed by atoms with van der Waals surface area (Å²) in [6, 6.07) is 12.2. The van der Waals surface area contributed by atoms with Crippen LogP contribution in [0.5, 0.6) is 6.01 Å². The number of aromatic nitrogens is 2. The molecule has 4 heterocycles. The van der Waals surface area contributed by atoms with Gasteiger partial charge < -0.3 is 33.9 Å². The summed E-state index contributed by atoms with van der Waals surface area (Å²) < 4.78 is 25.9. The first-order valence-corrected chi connectivity index (χ1v) is 16.9. The number of ether oxygens (including phenoxy) is 2. The number of rotatable bonds is 7. The Bertz CT molecular complexity index is 1800. The molecule has 258 valence electrons. The van der Waals surface area contributed by atoms with E-state index in [-0.39, 0.29) is 37.8 Å². The van der Waals surface area contributed by atoms with Crippen LogP contribution in [0.4, 0.5) is 20.7 Å². The maximum Gasteiger partial charge on any atom is 0.410 e. The van der Waals surface area contributed by atoms with Gasteiger partial charge in [-0.3, -0.25) is 4.79 Å². The molecule has 0 radical (unpaired) electrons.